The molecule has 136 valence electrons. The van der Waals surface area contributed by atoms with Crippen LogP contribution in [0.15, 0.2) is 18.2 Å². The molecule has 0 N–H and O–H groups in total. The molecule has 3 rings (SSSR count). The summed E-state index contributed by atoms with van der Waals surface area (Å²) >= 11 is 0. The Morgan fingerprint density at radius 1 is 1.04 bits per heavy atom. The highest BCUT2D eigenvalue weighted by Crippen LogP contribution is 2.30. The predicted molar refractivity (Wildman–Crippen MR) is 93.7 cm³/mol. The average molecular weight is 367 g/mol. The smallest absolute Gasteiger partial charge is 0.271 e. The molecule has 0 aliphatic carbocycles. The molecule has 1 aromatic carbocycles. The van der Waals surface area contributed by atoms with E-state index in [0.717, 1.165) is 32.4 Å². The number of carbonyl (C=O) groups excluding carboxylic acids is 1. The highest BCUT2D eigenvalue weighted by molar-refractivity contribution is 7.91. The van der Waals surface area contributed by atoms with Crippen LogP contribution in [0.2, 0.25) is 0 Å². The lowest BCUT2D eigenvalue weighted by Crippen LogP contribution is -2.44. The van der Waals surface area contributed by atoms with E-state index in [0.29, 0.717) is 11.3 Å². The number of piperidine rings is 1. The molecule has 0 aromatic heterocycles. The molecular formula is C16H21N3O5S. The Balaban J connectivity index is 1.91. The summed E-state index contributed by atoms with van der Waals surface area (Å²) in [6, 6.07) is 4.29. The summed E-state index contributed by atoms with van der Waals surface area (Å²) in [4.78, 5) is 27.1. The Labute approximate surface area is 146 Å². The third-order valence-electron chi connectivity index (χ3n) is 4.75. The Hall–Kier alpha value is -2.16. The van der Waals surface area contributed by atoms with E-state index in [4.69, 9.17) is 0 Å². The Morgan fingerprint density at radius 3 is 2.28 bits per heavy atom. The fourth-order valence-electron chi connectivity index (χ4n) is 3.30. The topological polar surface area (TPSA) is 101 Å². The molecule has 9 heteroatoms. The van der Waals surface area contributed by atoms with Crippen molar-refractivity contribution < 1.29 is 18.1 Å². The lowest BCUT2D eigenvalue weighted by molar-refractivity contribution is -0.384. The van der Waals surface area contributed by atoms with Gasteiger partial charge in [0, 0.05) is 38.3 Å². The molecular weight excluding hydrogens is 346 g/mol. The third-order valence-corrected chi connectivity index (χ3v) is 6.36. The molecule has 8 nitrogen and oxygen atoms in total. The van der Waals surface area contributed by atoms with Crippen LogP contribution in [0.4, 0.5) is 11.4 Å². The van der Waals surface area contributed by atoms with Crippen molar-refractivity contribution in [2.24, 2.45) is 0 Å². The SMILES string of the molecule is O=C(c1ccc([N+](=O)[O-])cc1N1CCCCC1)N1CCS(=O)(=O)CC1. The Kier molecular flexibility index (Phi) is 4.94. The van der Waals surface area contributed by atoms with E-state index in [1.165, 1.54) is 23.1 Å². The van der Waals surface area contributed by atoms with Crippen molar-refractivity contribution in [2.75, 3.05) is 42.6 Å². The first kappa shape index (κ1) is 17.7. The van der Waals surface area contributed by atoms with E-state index >= 15 is 0 Å². The van der Waals surface area contributed by atoms with E-state index in [2.05, 4.69) is 0 Å². The second kappa shape index (κ2) is 6.99. The van der Waals surface area contributed by atoms with Crippen molar-refractivity contribution in [3.63, 3.8) is 0 Å². The number of amides is 1. The summed E-state index contributed by atoms with van der Waals surface area (Å²) in [5, 5.41) is 11.1. The minimum Gasteiger partial charge on any atom is -0.371 e. The Morgan fingerprint density at radius 2 is 1.68 bits per heavy atom. The monoisotopic (exact) mass is 367 g/mol. The predicted octanol–water partition coefficient (Wildman–Crippen LogP) is 1.46. The maximum absolute atomic E-state index is 12.9. The summed E-state index contributed by atoms with van der Waals surface area (Å²) in [7, 11) is -3.07. The van der Waals surface area contributed by atoms with Crippen molar-refractivity contribution in [3.8, 4) is 0 Å². The first-order chi connectivity index (χ1) is 11.9. The van der Waals surface area contributed by atoms with E-state index in [9.17, 15) is 23.3 Å². The minimum absolute atomic E-state index is 0.0369. The van der Waals surface area contributed by atoms with Gasteiger partial charge < -0.3 is 9.80 Å². The molecule has 2 heterocycles. The number of nitro groups is 1. The van der Waals surface area contributed by atoms with Crippen LogP contribution in [0, 0.1) is 10.1 Å². The summed E-state index contributed by atoms with van der Waals surface area (Å²) < 4.78 is 23.1. The van der Waals surface area contributed by atoms with Gasteiger partial charge in [-0.15, -0.1) is 0 Å². The maximum Gasteiger partial charge on any atom is 0.271 e. The van der Waals surface area contributed by atoms with Crippen LogP contribution < -0.4 is 4.90 Å². The van der Waals surface area contributed by atoms with Crippen molar-refractivity contribution in [3.05, 3.63) is 33.9 Å². The zero-order chi connectivity index (χ0) is 18.0. The third kappa shape index (κ3) is 3.92. The van der Waals surface area contributed by atoms with Gasteiger partial charge in [0.1, 0.15) is 0 Å². The number of anilines is 1. The van der Waals surface area contributed by atoms with Crippen molar-refractivity contribution >= 4 is 27.1 Å². The van der Waals surface area contributed by atoms with E-state index in [1.807, 2.05) is 4.90 Å². The molecule has 2 saturated heterocycles. The standard InChI is InChI=1S/C16H21N3O5S/c20-16(18-8-10-25(23,24)11-9-18)14-5-4-13(19(21)22)12-15(14)17-6-2-1-3-7-17/h4-5,12H,1-3,6-11H2. The summed E-state index contributed by atoms with van der Waals surface area (Å²) in [6.45, 7) is 1.85. The summed E-state index contributed by atoms with van der Waals surface area (Å²) in [5.74, 6) is -0.333. The van der Waals surface area contributed by atoms with Crippen LogP contribution in [-0.2, 0) is 9.84 Å². The molecule has 0 spiro atoms. The number of sulfone groups is 1. The van der Waals surface area contributed by atoms with Gasteiger partial charge in [-0.05, 0) is 25.3 Å². The van der Waals surface area contributed by atoms with Gasteiger partial charge in [0.05, 0.1) is 27.7 Å². The van der Waals surface area contributed by atoms with Crippen molar-refractivity contribution in [2.45, 2.75) is 19.3 Å². The number of benzene rings is 1. The second-order valence-corrected chi connectivity index (χ2v) is 8.75. The van der Waals surface area contributed by atoms with Gasteiger partial charge in [-0.1, -0.05) is 0 Å². The highest BCUT2D eigenvalue weighted by atomic mass is 32.2. The van der Waals surface area contributed by atoms with Gasteiger partial charge >= 0.3 is 0 Å². The van der Waals surface area contributed by atoms with E-state index in [-0.39, 0.29) is 36.2 Å². The highest BCUT2D eigenvalue weighted by Gasteiger charge is 2.29. The van der Waals surface area contributed by atoms with Crippen LogP contribution in [-0.4, -0.2) is 61.8 Å². The number of nitro benzene ring substituents is 1. The molecule has 1 amide bonds. The fourth-order valence-corrected chi connectivity index (χ4v) is 4.50. The quantitative estimate of drug-likeness (QED) is 0.592. The minimum atomic E-state index is -3.07. The molecule has 0 bridgehead atoms. The molecule has 0 saturated carbocycles. The van der Waals surface area contributed by atoms with Crippen LogP contribution >= 0.6 is 0 Å². The second-order valence-electron chi connectivity index (χ2n) is 6.45. The molecule has 1 aromatic rings. The maximum atomic E-state index is 12.9. The molecule has 25 heavy (non-hydrogen) atoms. The Bertz CT molecular complexity index is 773. The van der Waals surface area contributed by atoms with Gasteiger partial charge in [0.25, 0.3) is 11.6 Å². The van der Waals surface area contributed by atoms with E-state index in [1.54, 1.807) is 0 Å². The lowest BCUT2D eigenvalue weighted by Gasteiger charge is -2.32. The van der Waals surface area contributed by atoms with Gasteiger partial charge in [-0.25, -0.2) is 8.42 Å². The summed E-state index contributed by atoms with van der Waals surface area (Å²) in [6.07, 6.45) is 3.08. The number of rotatable bonds is 3. The molecule has 0 radical (unpaired) electrons. The lowest BCUT2D eigenvalue weighted by atomic mass is 10.1. The van der Waals surface area contributed by atoms with Crippen LogP contribution in [0.5, 0.6) is 0 Å². The molecule has 0 unspecified atom stereocenters. The number of nitrogens with zero attached hydrogens (tertiary/aromatic N) is 3. The number of hydrogen-bond donors (Lipinski definition) is 0. The number of hydrogen-bond acceptors (Lipinski definition) is 6. The van der Waals surface area contributed by atoms with Crippen molar-refractivity contribution in [1.29, 1.82) is 0 Å². The largest absolute Gasteiger partial charge is 0.371 e. The van der Waals surface area contributed by atoms with Gasteiger partial charge in [-0.2, -0.15) is 0 Å². The van der Waals surface area contributed by atoms with Gasteiger partial charge in [0.2, 0.25) is 0 Å². The average Bonchev–Trinajstić information content (AvgIpc) is 2.61. The first-order valence-corrected chi connectivity index (χ1v) is 10.2. The normalized spacial score (nSPS) is 20.3. The van der Waals surface area contributed by atoms with Crippen LogP contribution in [0.1, 0.15) is 29.6 Å². The molecule has 2 aliphatic heterocycles. The number of carbonyl (C=O) groups is 1. The molecule has 0 atom stereocenters. The van der Waals surface area contributed by atoms with Crippen LogP contribution in [0.3, 0.4) is 0 Å². The summed E-state index contributed by atoms with van der Waals surface area (Å²) in [5.41, 5.74) is 0.942. The fraction of sp³-hybridized carbons (Fsp3) is 0.562. The van der Waals surface area contributed by atoms with Gasteiger partial charge in [-0.3, -0.25) is 14.9 Å². The zero-order valence-electron chi connectivity index (χ0n) is 13.9. The van der Waals surface area contributed by atoms with Crippen molar-refractivity contribution in [1.82, 2.24) is 4.90 Å². The molecule has 2 aliphatic rings. The van der Waals surface area contributed by atoms with Gasteiger partial charge in [0.15, 0.2) is 9.84 Å². The van der Waals surface area contributed by atoms with Crippen LogP contribution in [0.25, 0.3) is 0 Å². The molecule has 2 fully saturated rings. The number of non-ortho nitro benzene ring substituents is 1. The first-order valence-electron chi connectivity index (χ1n) is 8.40. The zero-order valence-corrected chi connectivity index (χ0v) is 14.7. The van der Waals surface area contributed by atoms with E-state index < -0.39 is 14.8 Å².